The molecule has 3 saturated carbocycles. The summed E-state index contributed by atoms with van der Waals surface area (Å²) in [5.74, 6) is -2.57. The van der Waals surface area contributed by atoms with Crippen molar-refractivity contribution in [3.05, 3.63) is 11.6 Å². The molecule has 0 radical (unpaired) electrons. The molecule has 10 unspecified atom stereocenters. The van der Waals surface area contributed by atoms with Gasteiger partial charge in [-0.1, -0.05) is 41.5 Å². The fraction of sp³-hybridized carbons (Fsp3) is 0.800. The number of carbonyl (C=O) groups excluding carboxylic acids is 4. The van der Waals surface area contributed by atoms with Crippen LogP contribution >= 0.6 is 0 Å². The van der Waals surface area contributed by atoms with Crippen LogP contribution in [0.1, 0.15) is 87.0 Å². The maximum Gasteiger partial charge on any atom is 0.309 e. The van der Waals surface area contributed by atoms with Gasteiger partial charge in [-0.2, -0.15) is 0 Å². The SMILES string of the molecule is CC1CC(CC(C)(O)C2CC(O)C3(C)C4(O)C(=O)CC5C(C)(C)C(=O)CCC5(C)C4=CC(=O)C23C)OC1=O. The number of esters is 1. The summed E-state index contributed by atoms with van der Waals surface area (Å²) in [5, 5.41) is 36.0. The van der Waals surface area contributed by atoms with Crippen LogP contribution in [0.4, 0.5) is 0 Å². The first kappa shape index (κ1) is 27.7. The Kier molecular flexibility index (Phi) is 5.71. The van der Waals surface area contributed by atoms with Gasteiger partial charge in [-0.25, -0.2) is 0 Å². The van der Waals surface area contributed by atoms with E-state index in [1.54, 1.807) is 27.7 Å². The van der Waals surface area contributed by atoms with Crippen LogP contribution in [-0.4, -0.2) is 62.0 Å². The highest BCUT2D eigenvalue weighted by atomic mass is 16.6. The number of allylic oxidation sites excluding steroid dienone is 1. The second-order valence-electron chi connectivity index (χ2n) is 14.3. The number of ether oxygens (including phenoxy) is 1. The minimum absolute atomic E-state index is 0.00277. The number of aliphatic hydroxyl groups excluding tert-OH is 1. The Labute approximate surface area is 224 Å². The van der Waals surface area contributed by atoms with Crippen molar-refractivity contribution in [2.45, 2.75) is 110 Å². The smallest absolute Gasteiger partial charge is 0.309 e. The summed E-state index contributed by atoms with van der Waals surface area (Å²) < 4.78 is 5.45. The van der Waals surface area contributed by atoms with Crippen LogP contribution in [0.5, 0.6) is 0 Å². The van der Waals surface area contributed by atoms with Crippen molar-refractivity contribution >= 4 is 23.3 Å². The maximum absolute atomic E-state index is 14.2. The normalized spacial score (nSPS) is 49.5. The number of cyclic esters (lactones) is 1. The Morgan fingerprint density at radius 3 is 2.26 bits per heavy atom. The molecular formula is C30H42O8. The number of fused-ring (bicyclic) bond motifs is 5. The monoisotopic (exact) mass is 530 g/mol. The lowest BCUT2D eigenvalue weighted by Gasteiger charge is -2.65. The zero-order valence-electron chi connectivity index (χ0n) is 23.6. The third kappa shape index (κ3) is 3.03. The van der Waals surface area contributed by atoms with Crippen LogP contribution in [0.15, 0.2) is 11.6 Å². The van der Waals surface area contributed by atoms with Crippen molar-refractivity contribution in [2.24, 2.45) is 39.4 Å². The van der Waals surface area contributed by atoms with E-state index in [4.69, 9.17) is 4.74 Å². The minimum atomic E-state index is -2.13. The Bertz CT molecular complexity index is 1170. The molecule has 8 nitrogen and oxygen atoms in total. The van der Waals surface area contributed by atoms with E-state index >= 15 is 0 Å². The molecular weight excluding hydrogens is 488 g/mol. The van der Waals surface area contributed by atoms with Crippen LogP contribution in [0.3, 0.4) is 0 Å². The topological polar surface area (TPSA) is 138 Å². The van der Waals surface area contributed by atoms with Gasteiger partial charge in [0.25, 0.3) is 0 Å². The molecule has 1 heterocycles. The fourth-order valence-corrected chi connectivity index (χ4v) is 9.55. The second kappa shape index (κ2) is 7.85. The highest BCUT2D eigenvalue weighted by molar-refractivity contribution is 6.06. The Morgan fingerprint density at radius 1 is 1.05 bits per heavy atom. The van der Waals surface area contributed by atoms with Crippen molar-refractivity contribution in [1.82, 2.24) is 0 Å². The van der Waals surface area contributed by atoms with Crippen molar-refractivity contribution in [3.8, 4) is 0 Å². The number of hydrogen-bond acceptors (Lipinski definition) is 8. The van der Waals surface area contributed by atoms with Gasteiger partial charge in [0.15, 0.2) is 17.2 Å². The van der Waals surface area contributed by atoms with E-state index in [0.29, 0.717) is 18.4 Å². The van der Waals surface area contributed by atoms with Gasteiger partial charge in [0.1, 0.15) is 11.9 Å². The van der Waals surface area contributed by atoms with Gasteiger partial charge in [-0.3, -0.25) is 19.2 Å². The van der Waals surface area contributed by atoms with Crippen molar-refractivity contribution in [2.75, 3.05) is 0 Å². The van der Waals surface area contributed by atoms with Crippen LogP contribution in [0.25, 0.3) is 0 Å². The first-order valence-electron chi connectivity index (χ1n) is 14.0. The van der Waals surface area contributed by atoms with Crippen LogP contribution in [-0.2, 0) is 23.9 Å². The van der Waals surface area contributed by atoms with E-state index in [1.807, 2.05) is 20.8 Å². The first-order chi connectivity index (χ1) is 17.3. The lowest BCUT2D eigenvalue weighted by atomic mass is 9.38. The number of ketones is 3. The fourth-order valence-electron chi connectivity index (χ4n) is 9.55. The summed E-state index contributed by atoms with van der Waals surface area (Å²) >= 11 is 0. The molecule has 0 aromatic heterocycles. The number of aliphatic hydroxyl groups is 3. The first-order valence-corrected chi connectivity index (χ1v) is 14.0. The molecule has 0 bridgehead atoms. The predicted molar refractivity (Wildman–Crippen MR) is 137 cm³/mol. The van der Waals surface area contributed by atoms with Crippen LogP contribution in [0.2, 0.25) is 0 Å². The third-order valence-electron chi connectivity index (χ3n) is 12.2. The molecule has 0 spiro atoms. The zero-order valence-corrected chi connectivity index (χ0v) is 23.6. The second-order valence-corrected chi connectivity index (χ2v) is 14.3. The van der Waals surface area contributed by atoms with Gasteiger partial charge < -0.3 is 20.1 Å². The molecule has 10 atom stereocenters. The lowest BCUT2D eigenvalue weighted by Crippen LogP contribution is -2.73. The van der Waals surface area contributed by atoms with Crippen LogP contribution in [0, 0.1) is 39.4 Å². The van der Waals surface area contributed by atoms with E-state index in [2.05, 4.69) is 0 Å². The summed E-state index contributed by atoms with van der Waals surface area (Å²) in [5.41, 5.74) is -8.01. The van der Waals surface area contributed by atoms with E-state index in [9.17, 15) is 34.5 Å². The van der Waals surface area contributed by atoms with Gasteiger partial charge in [-0.05, 0) is 49.2 Å². The summed E-state index contributed by atoms with van der Waals surface area (Å²) in [4.78, 5) is 53.1. The molecule has 4 fully saturated rings. The third-order valence-corrected chi connectivity index (χ3v) is 12.2. The summed E-state index contributed by atoms with van der Waals surface area (Å²) in [6.07, 6.45) is 0.809. The van der Waals surface area contributed by atoms with Gasteiger partial charge in [0, 0.05) is 41.4 Å². The molecule has 4 aliphatic carbocycles. The summed E-state index contributed by atoms with van der Waals surface area (Å²) in [6.45, 7) is 12.2. The van der Waals surface area contributed by atoms with E-state index in [0.717, 1.165) is 0 Å². The molecule has 0 aromatic carbocycles. The lowest BCUT2D eigenvalue weighted by molar-refractivity contribution is -0.204. The molecule has 1 aliphatic heterocycles. The van der Waals surface area contributed by atoms with E-state index < -0.39 is 56.8 Å². The molecule has 1 saturated heterocycles. The molecule has 0 aromatic rings. The maximum atomic E-state index is 14.2. The molecule has 8 heteroatoms. The average Bonchev–Trinajstić information content (AvgIpc) is 3.24. The largest absolute Gasteiger partial charge is 0.462 e. The van der Waals surface area contributed by atoms with Crippen molar-refractivity contribution in [1.29, 1.82) is 0 Å². The highest BCUT2D eigenvalue weighted by Gasteiger charge is 2.80. The highest BCUT2D eigenvalue weighted by Crippen LogP contribution is 2.73. The standard InChI is InChI=1S/C30H42O8/c1-15-10-16(38-24(15)35)14-27(5,36)19-13-22(33)29(7)28(19,6)21(32)12-18-26(4)9-8-20(31)25(2,3)17(26)11-23(34)30(18,29)37/h12,15-17,19,22,33,36-37H,8-11,13-14H2,1-7H3. The molecule has 3 N–H and O–H groups in total. The van der Waals surface area contributed by atoms with E-state index in [1.165, 1.54) is 6.08 Å². The molecule has 210 valence electrons. The molecule has 5 rings (SSSR count). The minimum Gasteiger partial charge on any atom is -0.462 e. The van der Waals surface area contributed by atoms with Crippen LogP contribution < -0.4 is 0 Å². The Hall–Kier alpha value is -1.90. The van der Waals surface area contributed by atoms with Gasteiger partial charge in [0.2, 0.25) is 0 Å². The predicted octanol–water partition coefficient (Wildman–Crippen LogP) is 2.70. The van der Waals surface area contributed by atoms with Gasteiger partial charge in [-0.15, -0.1) is 0 Å². The zero-order chi connectivity index (χ0) is 28.4. The van der Waals surface area contributed by atoms with Crippen molar-refractivity contribution in [3.63, 3.8) is 0 Å². The number of rotatable bonds is 3. The molecule has 38 heavy (non-hydrogen) atoms. The molecule has 5 aliphatic rings. The van der Waals surface area contributed by atoms with Gasteiger partial charge in [0.05, 0.1) is 17.6 Å². The number of Topliss-reactive ketones (excluding diaryl/α,β-unsaturated/α-hetero) is 2. The average molecular weight is 531 g/mol. The van der Waals surface area contributed by atoms with Gasteiger partial charge >= 0.3 is 5.97 Å². The van der Waals surface area contributed by atoms with E-state index in [-0.39, 0.29) is 55.1 Å². The Balaban J connectivity index is 1.63. The number of hydrogen-bond donors (Lipinski definition) is 3. The molecule has 0 amide bonds. The summed E-state index contributed by atoms with van der Waals surface area (Å²) in [7, 11) is 0. The van der Waals surface area contributed by atoms with Crippen molar-refractivity contribution < 1.29 is 39.2 Å². The summed E-state index contributed by atoms with van der Waals surface area (Å²) in [6, 6.07) is 0. The Morgan fingerprint density at radius 2 is 1.68 bits per heavy atom. The number of carbonyl (C=O) groups is 4. The quantitative estimate of drug-likeness (QED) is 0.474.